The average molecular weight is 271 g/mol. The molecule has 0 aromatic heterocycles. The molecule has 0 aliphatic heterocycles. The number of nitrogens with one attached hydrogen (secondary N) is 1. The van der Waals surface area contributed by atoms with Gasteiger partial charge in [0.1, 0.15) is 12.1 Å². The van der Waals surface area contributed by atoms with Crippen LogP contribution in [0.2, 0.25) is 0 Å². The fourth-order valence-corrected chi connectivity index (χ4v) is 0.461. The topological polar surface area (TPSA) is 102 Å². The molecule has 0 spiro atoms. The van der Waals surface area contributed by atoms with Gasteiger partial charge in [0.25, 0.3) is 0 Å². The number of carboxylic acids is 1. The molecule has 0 radical (unpaired) electrons. The van der Waals surface area contributed by atoms with Gasteiger partial charge in [-0.25, -0.2) is 4.84 Å². The Morgan fingerprint density at radius 3 is 2.12 bits per heavy atom. The van der Waals surface area contributed by atoms with Gasteiger partial charge in [-0.05, 0) is 32.0 Å². The number of rotatable bonds is 5. The van der Waals surface area contributed by atoms with E-state index in [-0.39, 0.29) is 13.4 Å². The van der Waals surface area contributed by atoms with Crippen molar-refractivity contribution in [3.8, 4) is 0 Å². The van der Waals surface area contributed by atoms with Crippen molar-refractivity contribution < 1.29 is 19.4 Å². The van der Waals surface area contributed by atoms with Crippen LogP contribution in [0.5, 0.6) is 0 Å². The van der Waals surface area contributed by atoms with Gasteiger partial charge < -0.3 is 15.6 Å². The summed E-state index contributed by atoms with van der Waals surface area (Å²) in [4.78, 5) is 22.6. The highest BCUT2D eigenvalue weighted by atomic mass is 35.5. The molecule has 17 heavy (non-hydrogen) atoms. The third-order valence-corrected chi connectivity index (χ3v) is 1.68. The number of carboxylic acid groups (broad SMARTS) is 1. The summed E-state index contributed by atoms with van der Waals surface area (Å²) in [5.74, 6) is -1.27. The molecule has 7 heteroatoms. The summed E-state index contributed by atoms with van der Waals surface area (Å²) < 4.78 is 4.76. The zero-order valence-electron chi connectivity index (χ0n) is 9.70. The minimum atomic E-state index is -0.963. The van der Waals surface area contributed by atoms with Crippen LogP contribution in [-0.4, -0.2) is 35.7 Å². The van der Waals surface area contributed by atoms with Gasteiger partial charge in [-0.2, -0.15) is 0 Å². The second-order valence-electron chi connectivity index (χ2n) is 3.13. The first-order valence-electron chi connectivity index (χ1n) is 4.87. The van der Waals surface area contributed by atoms with Gasteiger partial charge in [0, 0.05) is 0 Å². The number of carbonyl (C=O) groups is 2. The van der Waals surface area contributed by atoms with Crippen molar-refractivity contribution in [3.05, 3.63) is 0 Å². The first kappa shape index (κ1) is 21.4. The molecule has 0 amide bonds. The number of ether oxygens (including phenoxy) is 1. The van der Waals surface area contributed by atoms with Gasteiger partial charge in [0.15, 0.2) is 0 Å². The predicted molar refractivity (Wildman–Crippen MR) is 67.7 cm³/mol. The predicted octanol–water partition coefficient (Wildman–Crippen LogP) is 1.13. The molecule has 0 saturated heterocycles. The van der Waals surface area contributed by atoms with Crippen LogP contribution in [-0.2, 0) is 14.3 Å². The standard InChI is InChI=1S/C6H12ClNO2.C3H7NO2.CH4/c1-3-4-10-6(9)5(2)8-7;1-2(4)3(5)6;/h5,8H,3-4H2,1-2H3;2H,4H2,1H3,(H,5,6);1H4/t5-;2-;/m00./s1. The molecule has 104 valence electrons. The van der Waals surface area contributed by atoms with E-state index >= 15 is 0 Å². The molecular formula is C10H23ClN2O4. The second-order valence-corrected chi connectivity index (χ2v) is 3.34. The van der Waals surface area contributed by atoms with Crippen molar-refractivity contribution in [1.29, 1.82) is 0 Å². The lowest BCUT2D eigenvalue weighted by atomic mass is 10.4. The average Bonchev–Trinajstić information content (AvgIpc) is 2.25. The van der Waals surface area contributed by atoms with Crippen molar-refractivity contribution >= 4 is 23.7 Å². The van der Waals surface area contributed by atoms with E-state index in [9.17, 15) is 9.59 Å². The summed E-state index contributed by atoms with van der Waals surface area (Å²) in [6, 6.07) is -1.15. The van der Waals surface area contributed by atoms with Crippen LogP contribution in [0.4, 0.5) is 0 Å². The van der Waals surface area contributed by atoms with Crippen LogP contribution in [0, 0.1) is 0 Å². The van der Waals surface area contributed by atoms with Crippen LogP contribution < -0.4 is 10.6 Å². The second kappa shape index (κ2) is 13.2. The molecule has 0 rings (SSSR count). The number of nitrogens with two attached hydrogens (primary N) is 1. The van der Waals surface area contributed by atoms with Crippen molar-refractivity contribution in [2.75, 3.05) is 6.61 Å². The maximum Gasteiger partial charge on any atom is 0.324 e. The maximum absolute atomic E-state index is 10.8. The molecule has 0 fully saturated rings. The van der Waals surface area contributed by atoms with Gasteiger partial charge in [-0.3, -0.25) is 9.59 Å². The Bertz CT molecular complexity index is 212. The van der Waals surface area contributed by atoms with Crippen LogP contribution in [0.3, 0.4) is 0 Å². The van der Waals surface area contributed by atoms with Crippen molar-refractivity contribution in [1.82, 2.24) is 4.84 Å². The molecule has 0 aliphatic carbocycles. The number of halogens is 1. The number of carbonyl (C=O) groups excluding carboxylic acids is 1. The van der Waals surface area contributed by atoms with Gasteiger partial charge in [-0.15, -0.1) is 0 Å². The summed E-state index contributed by atoms with van der Waals surface area (Å²) in [5.41, 5.74) is 4.84. The number of hydrogen-bond acceptors (Lipinski definition) is 5. The van der Waals surface area contributed by atoms with Gasteiger partial charge in [0.2, 0.25) is 0 Å². The zero-order valence-corrected chi connectivity index (χ0v) is 10.5. The van der Waals surface area contributed by atoms with E-state index in [4.69, 9.17) is 27.4 Å². The summed E-state index contributed by atoms with van der Waals surface area (Å²) in [6.07, 6.45) is 0.834. The maximum atomic E-state index is 10.8. The lowest BCUT2D eigenvalue weighted by Gasteiger charge is -2.06. The Balaban J connectivity index is -0.000000244. The van der Waals surface area contributed by atoms with Crippen molar-refractivity contribution in [3.63, 3.8) is 0 Å². The minimum Gasteiger partial charge on any atom is -0.480 e. The summed E-state index contributed by atoms with van der Waals surface area (Å²) in [5, 5.41) is 7.87. The summed E-state index contributed by atoms with van der Waals surface area (Å²) in [7, 11) is 0. The Morgan fingerprint density at radius 2 is 1.88 bits per heavy atom. The number of hydrogen-bond donors (Lipinski definition) is 3. The van der Waals surface area contributed by atoms with E-state index in [1.54, 1.807) is 6.92 Å². The van der Waals surface area contributed by atoms with E-state index in [0.29, 0.717) is 6.61 Å². The molecule has 0 heterocycles. The molecule has 0 bridgehead atoms. The normalized spacial score (nSPS) is 12.3. The summed E-state index contributed by atoms with van der Waals surface area (Å²) in [6.45, 7) is 5.46. The quantitative estimate of drug-likeness (QED) is 0.511. The molecule has 4 N–H and O–H groups in total. The smallest absolute Gasteiger partial charge is 0.324 e. The highest BCUT2D eigenvalue weighted by Crippen LogP contribution is 1.89. The van der Waals surface area contributed by atoms with Crippen molar-refractivity contribution in [2.24, 2.45) is 5.73 Å². The number of esters is 1. The molecule has 0 aromatic rings. The molecule has 6 nitrogen and oxygen atoms in total. The zero-order chi connectivity index (χ0) is 13.1. The fourth-order valence-electron chi connectivity index (χ4n) is 0.372. The molecule has 2 atom stereocenters. The Labute approximate surface area is 108 Å². The fraction of sp³-hybridized carbons (Fsp3) is 0.800. The SMILES string of the molecule is C.CCCOC(=O)[C@H](C)NCl.C[C@H](N)C(=O)O. The number of aliphatic carboxylic acids is 1. The molecule has 0 aliphatic rings. The highest BCUT2D eigenvalue weighted by Gasteiger charge is 2.11. The third kappa shape index (κ3) is 15.1. The minimum absolute atomic E-state index is 0. The first-order valence-corrected chi connectivity index (χ1v) is 5.25. The Hall–Kier alpha value is -0.850. The largest absolute Gasteiger partial charge is 0.480 e. The molecular weight excluding hydrogens is 248 g/mol. The molecule has 0 saturated carbocycles. The Morgan fingerprint density at radius 1 is 1.47 bits per heavy atom. The van der Waals surface area contributed by atoms with Crippen molar-refractivity contribution in [2.45, 2.75) is 46.7 Å². The lowest BCUT2D eigenvalue weighted by molar-refractivity contribution is -0.145. The monoisotopic (exact) mass is 270 g/mol. The van der Waals surface area contributed by atoms with Gasteiger partial charge in [-0.1, -0.05) is 14.4 Å². The van der Waals surface area contributed by atoms with Gasteiger partial charge >= 0.3 is 11.9 Å². The molecule has 0 unspecified atom stereocenters. The van der Waals surface area contributed by atoms with Crippen LogP contribution >= 0.6 is 11.8 Å². The molecule has 0 aromatic carbocycles. The lowest BCUT2D eigenvalue weighted by Crippen LogP contribution is -2.29. The Kier molecular flexibility index (Phi) is 16.7. The van der Waals surface area contributed by atoms with E-state index in [1.807, 2.05) is 6.92 Å². The van der Waals surface area contributed by atoms with Crippen LogP contribution in [0.1, 0.15) is 34.6 Å². The van der Waals surface area contributed by atoms with Crippen LogP contribution in [0.25, 0.3) is 0 Å². The third-order valence-electron chi connectivity index (χ3n) is 1.36. The summed E-state index contributed by atoms with van der Waals surface area (Å²) >= 11 is 5.17. The van der Waals surface area contributed by atoms with Gasteiger partial charge in [0.05, 0.1) is 6.61 Å². The van der Waals surface area contributed by atoms with Crippen LogP contribution in [0.15, 0.2) is 0 Å². The highest BCUT2D eigenvalue weighted by molar-refractivity contribution is 6.14. The first-order chi connectivity index (χ1) is 7.36. The van der Waals surface area contributed by atoms with E-state index in [2.05, 4.69) is 4.84 Å². The van der Waals surface area contributed by atoms with E-state index < -0.39 is 18.1 Å². The van der Waals surface area contributed by atoms with E-state index in [0.717, 1.165) is 6.42 Å². The van der Waals surface area contributed by atoms with E-state index in [1.165, 1.54) is 6.92 Å².